The van der Waals surface area contributed by atoms with E-state index in [1.807, 2.05) is 36.5 Å². The van der Waals surface area contributed by atoms with Crippen LogP contribution in [0, 0.1) is 0 Å². The summed E-state index contributed by atoms with van der Waals surface area (Å²) >= 11 is 0. The van der Waals surface area contributed by atoms with Gasteiger partial charge in [0.1, 0.15) is 0 Å². The predicted molar refractivity (Wildman–Crippen MR) is 128 cm³/mol. The molecule has 1 heterocycles. The number of aromatic nitrogens is 2. The minimum atomic E-state index is -3.63. The van der Waals surface area contributed by atoms with Crippen molar-refractivity contribution in [2.24, 2.45) is 0 Å². The number of sulfonamides is 1. The summed E-state index contributed by atoms with van der Waals surface area (Å²) < 4.78 is 29.5. The summed E-state index contributed by atoms with van der Waals surface area (Å²) in [6, 6.07) is 16.2. The van der Waals surface area contributed by atoms with Gasteiger partial charge in [-0.05, 0) is 61.2 Å². The third-order valence-electron chi connectivity index (χ3n) is 6.27. The van der Waals surface area contributed by atoms with E-state index in [2.05, 4.69) is 10.4 Å². The van der Waals surface area contributed by atoms with Crippen molar-refractivity contribution in [2.75, 3.05) is 13.6 Å². The molecule has 33 heavy (non-hydrogen) atoms. The average molecular weight is 467 g/mol. The summed E-state index contributed by atoms with van der Waals surface area (Å²) in [5.41, 5.74) is 2.42. The molecule has 0 spiro atoms. The van der Waals surface area contributed by atoms with Gasteiger partial charge in [0, 0.05) is 37.6 Å². The standard InChI is InChI=1S/C25H30N4O3S/c1-28(22-8-3-2-4-9-22)33(31,32)24-10-5-7-21(19-24)25(30)26-17-15-20-11-13-23(14-12-20)29-18-6-16-27-29/h5-7,10-14,16,18-19,22H,2-4,8-9,15,17H2,1H3,(H,26,30). The third-order valence-corrected chi connectivity index (χ3v) is 8.17. The Labute approximate surface area is 195 Å². The summed E-state index contributed by atoms with van der Waals surface area (Å²) in [6.07, 6.45) is 9.34. The van der Waals surface area contributed by atoms with Crippen LogP contribution < -0.4 is 5.32 Å². The molecule has 7 nitrogen and oxygen atoms in total. The molecule has 1 fully saturated rings. The number of amides is 1. The number of rotatable bonds is 8. The highest BCUT2D eigenvalue weighted by Crippen LogP contribution is 2.26. The predicted octanol–water partition coefficient (Wildman–Crippen LogP) is 3.80. The molecule has 0 atom stereocenters. The zero-order valence-electron chi connectivity index (χ0n) is 18.9. The largest absolute Gasteiger partial charge is 0.352 e. The molecule has 1 aliphatic carbocycles. The highest BCUT2D eigenvalue weighted by Gasteiger charge is 2.29. The second-order valence-electron chi connectivity index (χ2n) is 8.46. The molecule has 1 N–H and O–H groups in total. The zero-order chi connectivity index (χ0) is 23.3. The van der Waals surface area contributed by atoms with Crippen molar-refractivity contribution >= 4 is 15.9 Å². The maximum atomic E-state index is 13.1. The molecular formula is C25H30N4O3S. The van der Waals surface area contributed by atoms with Crippen molar-refractivity contribution in [3.63, 3.8) is 0 Å². The fourth-order valence-corrected chi connectivity index (χ4v) is 5.73. The molecule has 0 aliphatic heterocycles. The first kappa shape index (κ1) is 23.2. The molecule has 0 unspecified atom stereocenters. The van der Waals surface area contributed by atoms with Crippen LogP contribution in [-0.2, 0) is 16.4 Å². The van der Waals surface area contributed by atoms with E-state index in [1.54, 1.807) is 36.1 Å². The van der Waals surface area contributed by atoms with Crippen molar-refractivity contribution in [3.05, 3.63) is 78.1 Å². The van der Waals surface area contributed by atoms with E-state index in [4.69, 9.17) is 0 Å². The van der Waals surface area contributed by atoms with Gasteiger partial charge in [-0.1, -0.05) is 37.5 Å². The Hall–Kier alpha value is -2.97. The molecular weight excluding hydrogens is 436 g/mol. The number of nitrogens with one attached hydrogen (secondary N) is 1. The van der Waals surface area contributed by atoms with Crippen molar-refractivity contribution in [1.82, 2.24) is 19.4 Å². The zero-order valence-corrected chi connectivity index (χ0v) is 19.7. The van der Waals surface area contributed by atoms with Crippen LogP contribution in [0.25, 0.3) is 5.69 Å². The van der Waals surface area contributed by atoms with Crippen molar-refractivity contribution in [3.8, 4) is 5.69 Å². The lowest BCUT2D eigenvalue weighted by Gasteiger charge is -2.30. The summed E-state index contributed by atoms with van der Waals surface area (Å²) in [5.74, 6) is -0.277. The van der Waals surface area contributed by atoms with E-state index in [1.165, 1.54) is 10.4 Å². The van der Waals surface area contributed by atoms with E-state index in [-0.39, 0.29) is 16.8 Å². The summed E-state index contributed by atoms with van der Waals surface area (Å²) in [6.45, 7) is 0.457. The Kier molecular flexibility index (Phi) is 7.25. The van der Waals surface area contributed by atoms with E-state index in [0.29, 0.717) is 18.5 Å². The van der Waals surface area contributed by atoms with Crippen molar-refractivity contribution < 1.29 is 13.2 Å². The summed E-state index contributed by atoms with van der Waals surface area (Å²) in [5, 5.41) is 7.11. The maximum absolute atomic E-state index is 13.1. The smallest absolute Gasteiger partial charge is 0.251 e. The van der Waals surface area contributed by atoms with Gasteiger partial charge in [-0.3, -0.25) is 4.79 Å². The number of carbonyl (C=O) groups is 1. The van der Waals surface area contributed by atoms with Gasteiger partial charge in [0.15, 0.2) is 0 Å². The first-order valence-electron chi connectivity index (χ1n) is 11.4. The van der Waals surface area contributed by atoms with Crippen LogP contribution in [0.5, 0.6) is 0 Å². The number of hydrogen-bond donors (Lipinski definition) is 1. The third kappa shape index (κ3) is 5.51. The molecule has 3 aromatic rings. The minimum absolute atomic E-state index is 0.0286. The average Bonchev–Trinajstić information content (AvgIpc) is 3.39. The van der Waals surface area contributed by atoms with Gasteiger partial charge in [-0.25, -0.2) is 13.1 Å². The van der Waals surface area contributed by atoms with E-state index < -0.39 is 10.0 Å². The van der Waals surface area contributed by atoms with Crippen molar-refractivity contribution in [2.45, 2.75) is 49.5 Å². The van der Waals surface area contributed by atoms with Gasteiger partial charge in [0.2, 0.25) is 10.0 Å². The molecule has 1 amide bonds. The number of nitrogens with zero attached hydrogens (tertiary/aromatic N) is 3. The fourth-order valence-electron chi connectivity index (χ4n) is 4.26. The van der Waals surface area contributed by atoms with Crippen LogP contribution in [0.15, 0.2) is 71.9 Å². The van der Waals surface area contributed by atoms with Crippen molar-refractivity contribution in [1.29, 1.82) is 0 Å². The topological polar surface area (TPSA) is 84.3 Å². The summed E-state index contributed by atoms with van der Waals surface area (Å²) in [7, 11) is -1.99. The lowest BCUT2D eigenvalue weighted by Crippen LogP contribution is -2.38. The SMILES string of the molecule is CN(C1CCCCC1)S(=O)(=O)c1cccc(C(=O)NCCc2ccc(-n3cccn3)cc2)c1. The highest BCUT2D eigenvalue weighted by atomic mass is 32.2. The monoisotopic (exact) mass is 466 g/mol. The molecule has 4 rings (SSSR count). The normalized spacial score (nSPS) is 15.0. The molecule has 0 saturated heterocycles. The fraction of sp³-hybridized carbons (Fsp3) is 0.360. The molecule has 174 valence electrons. The number of hydrogen-bond acceptors (Lipinski definition) is 4. The Morgan fingerprint density at radius 1 is 1.09 bits per heavy atom. The van der Waals surface area contributed by atoms with Gasteiger partial charge in [-0.2, -0.15) is 9.40 Å². The molecule has 1 aromatic heterocycles. The quantitative estimate of drug-likeness (QED) is 0.547. The molecule has 8 heteroatoms. The van der Waals surface area contributed by atoms with E-state index >= 15 is 0 Å². The van der Waals surface area contributed by atoms with Gasteiger partial charge in [0.25, 0.3) is 5.91 Å². The molecule has 2 aromatic carbocycles. The van der Waals surface area contributed by atoms with Gasteiger partial charge < -0.3 is 5.32 Å². The van der Waals surface area contributed by atoms with Gasteiger partial charge in [0.05, 0.1) is 10.6 Å². The van der Waals surface area contributed by atoms with Gasteiger partial charge >= 0.3 is 0 Å². The molecule has 1 aliphatic rings. The number of carbonyl (C=O) groups excluding carboxylic acids is 1. The Morgan fingerprint density at radius 2 is 1.85 bits per heavy atom. The molecule has 0 bridgehead atoms. The van der Waals surface area contributed by atoms with Gasteiger partial charge in [-0.15, -0.1) is 0 Å². The van der Waals surface area contributed by atoms with Crippen LogP contribution >= 0.6 is 0 Å². The first-order chi connectivity index (χ1) is 15.9. The Bertz CT molecular complexity index is 1170. The van der Waals surface area contributed by atoms with E-state index in [9.17, 15) is 13.2 Å². The van der Waals surface area contributed by atoms with Crippen LogP contribution in [0.2, 0.25) is 0 Å². The maximum Gasteiger partial charge on any atom is 0.251 e. The Morgan fingerprint density at radius 3 is 2.55 bits per heavy atom. The van der Waals surface area contributed by atoms with Crippen LogP contribution in [-0.4, -0.2) is 48.0 Å². The van der Waals surface area contributed by atoms with Crippen LogP contribution in [0.3, 0.4) is 0 Å². The van der Waals surface area contributed by atoms with E-state index in [0.717, 1.165) is 43.4 Å². The first-order valence-corrected chi connectivity index (χ1v) is 12.8. The molecule has 1 saturated carbocycles. The second-order valence-corrected chi connectivity index (χ2v) is 10.5. The number of benzene rings is 2. The Balaban J connectivity index is 1.35. The second kappa shape index (κ2) is 10.3. The minimum Gasteiger partial charge on any atom is -0.352 e. The summed E-state index contributed by atoms with van der Waals surface area (Å²) in [4.78, 5) is 12.8. The lowest BCUT2D eigenvalue weighted by molar-refractivity contribution is 0.0954. The van der Waals surface area contributed by atoms with Crippen LogP contribution in [0.1, 0.15) is 48.0 Å². The highest BCUT2D eigenvalue weighted by molar-refractivity contribution is 7.89. The lowest BCUT2D eigenvalue weighted by atomic mass is 9.96. The van der Waals surface area contributed by atoms with Crippen LogP contribution in [0.4, 0.5) is 0 Å². The molecule has 0 radical (unpaired) electrons.